The zero-order valence-corrected chi connectivity index (χ0v) is 14.5. The molecule has 0 aliphatic rings. The molecule has 0 aromatic heterocycles. The maximum absolute atomic E-state index is 13.7. The highest BCUT2D eigenvalue weighted by Gasteiger charge is 2.19. The fourth-order valence-electron chi connectivity index (χ4n) is 2.73. The van der Waals surface area contributed by atoms with Crippen molar-refractivity contribution in [2.45, 2.75) is 26.4 Å². The van der Waals surface area contributed by atoms with E-state index in [4.69, 9.17) is 0 Å². The van der Waals surface area contributed by atoms with Crippen molar-refractivity contribution in [2.75, 3.05) is 13.6 Å². The Bertz CT molecular complexity index is 658. The topological polar surface area (TPSA) is 32.3 Å². The number of amides is 1. The van der Waals surface area contributed by atoms with E-state index in [0.717, 1.165) is 5.56 Å². The Kier molecular flexibility index (Phi) is 6.50. The van der Waals surface area contributed by atoms with Crippen LogP contribution in [0.1, 0.15) is 31.0 Å². The summed E-state index contributed by atoms with van der Waals surface area (Å²) in [5.74, 6) is -0.0151. The van der Waals surface area contributed by atoms with E-state index >= 15 is 0 Å². The van der Waals surface area contributed by atoms with E-state index in [2.05, 4.69) is 19.2 Å². The van der Waals surface area contributed by atoms with Crippen molar-refractivity contribution in [3.8, 4) is 0 Å². The van der Waals surface area contributed by atoms with Gasteiger partial charge in [-0.05, 0) is 24.6 Å². The lowest BCUT2D eigenvalue weighted by Gasteiger charge is -2.24. The van der Waals surface area contributed by atoms with Crippen LogP contribution in [-0.4, -0.2) is 24.4 Å². The first-order chi connectivity index (χ1) is 11.5. The third kappa shape index (κ3) is 5.17. The summed E-state index contributed by atoms with van der Waals surface area (Å²) < 4.78 is 13.7. The van der Waals surface area contributed by atoms with Crippen LogP contribution in [0.5, 0.6) is 0 Å². The number of benzene rings is 2. The molecule has 0 aliphatic carbocycles. The van der Waals surface area contributed by atoms with Gasteiger partial charge in [0, 0.05) is 12.1 Å². The van der Waals surface area contributed by atoms with E-state index in [1.807, 2.05) is 42.3 Å². The highest BCUT2D eigenvalue weighted by Crippen LogP contribution is 2.21. The molecule has 4 heteroatoms. The molecule has 0 radical (unpaired) electrons. The van der Waals surface area contributed by atoms with Gasteiger partial charge in [-0.3, -0.25) is 9.69 Å². The van der Waals surface area contributed by atoms with Gasteiger partial charge in [-0.25, -0.2) is 4.39 Å². The van der Waals surface area contributed by atoms with Gasteiger partial charge < -0.3 is 5.32 Å². The van der Waals surface area contributed by atoms with Gasteiger partial charge in [-0.1, -0.05) is 62.4 Å². The Morgan fingerprint density at radius 1 is 1.08 bits per heavy atom. The predicted octanol–water partition coefficient (Wildman–Crippen LogP) is 3.77. The van der Waals surface area contributed by atoms with E-state index in [9.17, 15) is 9.18 Å². The van der Waals surface area contributed by atoms with Crippen LogP contribution >= 0.6 is 0 Å². The molecule has 2 aromatic rings. The first kappa shape index (κ1) is 18.1. The molecule has 1 amide bonds. The quantitative estimate of drug-likeness (QED) is 0.839. The van der Waals surface area contributed by atoms with Crippen molar-refractivity contribution in [3.05, 3.63) is 71.5 Å². The predicted molar refractivity (Wildman–Crippen MR) is 94.9 cm³/mol. The second kappa shape index (κ2) is 8.60. The molecule has 0 heterocycles. The number of nitrogens with one attached hydrogen (secondary N) is 1. The van der Waals surface area contributed by atoms with E-state index in [-0.39, 0.29) is 30.2 Å². The number of halogens is 1. The number of hydrogen-bond acceptors (Lipinski definition) is 2. The number of hydrogen-bond donors (Lipinski definition) is 1. The van der Waals surface area contributed by atoms with Crippen molar-refractivity contribution < 1.29 is 9.18 Å². The fraction of sp³-hybridized carbons (Fsp3) is 0.350. The summed E-state index contributed by atoms with van der Waals surface area (Å²) in [7, 11) is 1.82. The molecular formula is C20H25FN2O. The molecule has 2 rings (SSSR count). The second-order valence-corrected chi connectivity index (χ2v) is 6.46. The number of nitrogens with zero attached hydrogens (tertiary/aromatic N) is 1. The minimum Gasteiger partial charge on any atom is -0.348 e. The van der Waals surface area contributed by atoms with Crippen molar-refractivity contribution in [1.29, 1.82) is 0 Å². The molecule has 24 heavy (non-hydrogen) atoms. The van der Waals surface area contributed by atoms with Gasteiger partial charge in [-0.15, -0.1) is 0 Å². The van der Waals surface area contributed by atoms with Gasteiger partial charge in [0.15, 0.2) is 0 Å². The van der Waals surface area contributed by atoms with E-state index in [1.165, 1.54) is 6.07 Å². The van der Waals surface area contributed by atoms with Crippen LogP contribution < -0.4 is 5.32 Å². The monoisotopic (exact) mass is 328 g/mol. The summed E-state index contributed by atoms with van der Waals surface area (Å²) >= 11 is 0. The van der Waals surface area contributed by atoms with E-state index in [1.54, 1.807) is 18.2 Å². The molecule has 0 spiro atoms. The molecule has 128 valence electrons. The normalized spacial score (nSPS) is 12.4. The van der Waals surface area contributed by atoms with Gasteiger partial charge in [0.2, 0.25) is 5.91 Å². The summed E-state index contributed by atoms with van der Waals surface area (Å²) in [5, 5.41) is 3.09. The minimum atomic E-state index is -0.242. The first-order valence-corrected chi connectivity index (χ1v) is 8.23. The molecule has 0 fully saturated rings. The molecule has 3 nitrogen and oxygen atoms in total. The third-order valence-corrected chi connectivity index (χ3v) is 3.95. The molecule has 1 unspecified atom stereocenters. The van der Waals surface area contributed by atoms with Crippen LogP contribution in [0.3, 0.4) is 0 Å². The Hall–Kier alpha value is -2.20. The molecule has 2 aromatic carbocycles. The average molecular weight is 328 g/mol. The lowest BCUT2D eigenvalue weighted by molar-refractivity contribution is -0.123. The molecule has 1 N–H and O–H groups in total. The number of likely N-dealkylation sites (N-methyl/N-ethyl adjacent to an activating group) is 1. The summed E-state index contributed by atoms with van der Waals surface area (Å²) in [6.07, 6.45) is 0. The van der Waals surface area contributed by atoms with E-state index in [0.29, 0.717) is 12.1 Å². The summed E-state index contributed by atoms with van der Waals surface area (Å²) in [5.41, 5.74) is 1.69. The molecule has 0 saturated carbocycles. The van der Waals surface area contributed by atoms with Gasteiger partial charge in [0.25, 0.3) is 0 Å². The van der Waals surface area contributed by atoms with Crippen molar-refractivity contribution in [3.63, 3.8) is 0 Å². The Balaban J connectivity index is 1.95. The second-order valence-electron chi connectivity index (χ2n) is 6.46. The van der Waals surface area contributed by atoms with Crippen molar-refractivity contribution in [2.24, 2.45) is 5.92 Å². The maximum atomic E-state index is 13.7. The highest BCUT2D eigenvalue weighted by atomic mass is 19.1. The summed E-state index contributed by atoms with van der Waals surface area (Å²) in [4.78, 5) is 14.2. The van der Waals surface area contributed by atoms with Gasteiger partial charge in [0.05, 0.1) is 12.6 Å². The fourth-order valence-corrected chi connectivity index (χ4v) is 2.73. The smallest absolute Gasteiger partial charge is 0.234 e. The zero-order chi connectivity index (χ0) is 17.5. The molecule has 1 atom stereocenters. The van der Waals surface area contributed by atoms with Crippen LogP contribution in [0.25, 0.3) is 0 Å². The van der Waals surface area contributed by atoms with E-state index < -0.39 is 0 Å². The molecule has 0 aliphatic heterocycles. The van der Waals surface area contributed by atoms with Crippen LogP contribution in [0, 0.1) is 11.7 Å². The van der Waals surface area contributed by atoms with Crippen LogP contribution in [0.2, 0.25) is 0 Å². The van der Waals surface area contributed by atoms with Gasteiger partial charge in [0.1, 0.15) is 5.82 Å². The molecule has 0 bridgehead atoms. The van der Waals surface area contributed by atoms with Crippen LogP contribution in [0.15, 0.2) is 54.6 Å². The summed E-state index contributed by atoms with van der Waals surface area (Å²) in [6, 6.07) is 16.6. The van der Waals surface area contributed by atoms with Gasteiger partial charge in [-0.2, -0.15) is 0 Å². The Labute approximate surface area is 143 Å². The Morgan fingerprint density at radius 3 is 2.33 bits per heavy atom. The van der Waals surface area contributed by atoms with Crippen LogP contribution in [0.4, 0.5) is 4.39 Å². The Morgan fingerprint density at radius 2 is 1.71 bits per heavy atom. The number of rotatable bonds is 7. The standard InChI is InChI=1S/C20H25FN2O/c1-15(2)20(16-9-5-4-6-10-16)22-19(24)14-23(3)13-17-11-7-8-12-18(17)21/h4-12,15,20H,13-14H2,1-3H3,(H,22,24). The average Bonchev–Trinajstić information content (AvgIpc) is 2.55. The van der Waals surface area contributed by atoms with Crippen LogP contribution in [-0.2, 0) is 11.3 Å². The molecular weight excluding hydrogens is 303 g/mol. The SMILES string of the molecule is CC(C)C(NC(=O)CN(C)Cc1ccccc1F)c1ccccc1. The largest absolute Gasteiger partial charge is 0.348 e. The number of carbonyl (C=O) groups excluding carboxylic acids is 1. The molecule has 0 saturated heterocycles. The third-order valence-electron chi connectivity index (χ3n) is 3.95. The zero-order valence-electron chi connectivity index (χ0n) is 14.5. The lowest BCUT2D eigenvalue weighted by atomic mass is 9.96. The maximum Gasteiger partial charge on any atom is 0.234 e. The van der Waals surface area contributed by atoms with Gasteiger partial charge >= 0.3 is 0 Å². The summed E-state index contributed by atoms with van der Waals surface area (Å²) in [6.45, 7) is 4.80. The lowest BCUT2D eigenvalue weighted by Crippen LogP contribution is -2.38. The van der Waals surface area contributed by atoms with Crippen molar-refractivity contribution >= 4 is 5.91 Å². The minimum absolute atomic E-state index is 0.0273. The van der Waals surface area contributed by atoms with Crippen molar-refractivity contribution in [1.82, 2.24) is 10.2 Å². The number of carbonyl (C=O) groups is 1. The first-order valence-electron chi connectivity index (χ1n) is 8.23. The highest BCUT2D eigenvalue weighted by molar-refractivity contribution is 5.78.